The van der Waals surface area contributed by atoms with Gasteiger partial charge in [-0.3, -0.25) is 14.7 Å². The quantitative estimate of drug-likeness (QED) is 0.406. The van der Waals surface area contributed by atoms with E-state index in [1.165, 1.54) is 4.68 Å². The van der Waals surface area contributed by atoms with Gasteiger partial charge in [-0.05, 0) is 56.2 Å². The number of piperazine rings is 1. The third kappa shape index (κ3) is 7.13. The zero-order valence-corrected chi connectivity index (χ0v) is 26.7. The largest absolute Gasteiger partial charge is 0.507 e. The second-order valence-electron chi connectivity index (χ2n) is 12.7. The highest BCUT2D eigenvalue weighted by atomic mass is 16.6. The second kappa shape index (κ2) is 14.1. The first-order valence-corrected chi connectivity index (χ1v) is 16.4. The molecule has 4 heterocycles. The molecule has 6 rings (SSSR count). The first-order chi connectivity index (χ1) is 22.3. The van der Waals surface area contributed by atoms with E-state index >= 15 is 0 Å². The number of piperidine rings is 1. The van der Waals surface area contributed by atoms with E-state index in [9.17, 15) is 19.5 Å². The van der Waals surface area contributed by atoms with Gasteiger partial charge in [-0.2, -0.15) is 0 Å². The number of ether oxygens (including phenoxy) is 2. The highest BCUT2D eigenvalue weighted by Crippen LogP contribution is 2.26. The van der Waals surface area contributed by atoms with Crippen molar-refractivity contribution in [2.45, 2.75) is 64.1 Å². The molecule has 3 aromatic rings. The molecular formula is C34H44N6O6. The summed E-state index contributed by atoms with van der Waals surface area (Å²) in [6, 6.07) is 13.5. The minimum Gasteiger partial charge on any atom is -0.507 e. The van der Waals surface area contributed by atoms with E-state index in [0.717, 1.165) is 50.3 Å². The third-order valence-electron chi connectivity index (χ3n) is 9.58. The lowest BCUT2D eigenvalue weighted by Gasteiger charge is -2.41. The Hall–Kier alpha value is -4.16. The zero-order chi connectivity index (χ0) is 32.2. The van der Waals surface area contributed by atoms with Gasteiger partial charge in [0.15, 0.2) is 11.9 Å². The van der Waals surface area contributed by atoms with E-state index in [1.807, 2.05) is 61.2 Å². The molecule has 3 saturated heterocycles. The van der Waals surface area contributed by atoms with Crippen molar-refractivity contribution in [1.82, 2.24) is 29.5 Å². The summed E-state index contributed by atoms with van der Waals surface area (Å²) >= 11 is 0. The fourth-order valence-corrected chi connectivity index (χ4v) is 6.92. The molecular weight excluding hydrogens is 588 g/mol. The number of amides is 2. The monoisotopic (exact) mass is 632 g/mol. The Morgan fingerprint density at radius 2 is 1.59 bits per heavy atom. The van der Waals surface area contributed by atoms with Gasteiger partial charge in [-0.15, -0.1) is 5.10 Å². The first-order valence-electron chi connectivity index (χ1n) is 16.4. The maximum atomic E-state index is 13.9. The van der Waals surface area contributed by atoms with Crippen molar-refractivity contribution in [1.29, 1.82) is 0 Å². The normalized spacial score (nSPS) is 19.3. The van der Waals surface area contributed by atoms with Gasteiger partial charge in [-0.1, -0.05) is 42.5 Å². The zero-order valence-electron chi connectivity index (χ0n) is 26.7. The average Bonchev–Trinajstić information content (AvgIpc) is 3.48. The lowest BCUT2D eigenvalue weighted by molar-refractivity contribution is -0.143. The Kier molecular flexibility index (Phi) is 9.74. The molecule has 1 atom stereocenters. The number of aryl methyl sites for hydroxylation is 2. The number of nitrogens with zero attached hydrogens (tertiary/aromatic N) is 5. The number of aromatic nitrogens is 3. The third-order valence-corrected chi connectivity index (χ3v) is 9.58. The number of aromatic hydroxyl groups is 1. The number of nitrogens with one attached hydrogen (secondary N) is 1. The van der Waals surface area contributed by atoms with Crippen molar-refractivity contribution in [3.63, 3.8) is 0 Å². The Morgan fingerprint density at radius 1 is 0.935 bits per heavy atom. The maximum Gasteiger partial charge on any atom is 0.410 e. The van der Waals surface area contributed by atoms with Gasteiger partial charge in [0.2, 0.25) is 0 Å². The number of phenols is 1. The fourth-order valence-electron chi connectivity index (χ4n) is 6.92. The van der Waals surface area contributed by atoms with Gasteiger partial charge in [0.1, 0.15) is 5.75 Å². The van der Waals surface area contributed by atoms with Crippen LogP contribution >= 0.6 is 0 Å². The SMILES string of the molecule is Cc1cc(C[C@@H](OC(=O)N2CCC(n3nc(-c4ccccc4)[nH]c3=O)CC2)C(=O)N2CCN(C3CCOCC3)CC2)cc(C)c1O. The van der Waals surface area contributed by atoms with Crippen LogP contribution in [0.1, 0.15) is 48.4 Å². The minimum atomic E-state index is -0.995. The van der Waals surface area contributed by atoms with Gasteiger partial charge >= 0.3 is 11.8 Å². The van der Waals surface area contributed by atoms with Gasteiger partial charge in [0.25, 0.3) is 5.91 Å². The van der Waals surface area contributed by atoms with Crippen LogP contribution in [-0.2, 0) is 20.7 Å². The molecule has 0 spiro atoms. The average molecular weight is 633 g/mol. The summed E-state index contributed by atoms with van der Waals surface area (Å²) in [6.45, 7) is 8.66. The van der Waals surface area contributed by atoms with Crippen molar-refractivity contribution < 1.29 is 24.2 Å². The highest BCUT2D eigenvalue weighted by molar-refractivity contribution is 5.84. The van der Waals surface area contributed by atoms with Crippen molar-refractivity contribution in [3.8, 4) is 17.1 Å². The lowest BCUT2D eigenvalue weighted by atomic mass is 10.00. The summed E-state index contributed by atoms with van der Waals surface area (Å²) in [5.41, 5.74) is 2.80. The second-order valence-corrected chi connectivity index (χ2v) is 12.7. The first kappa shape index (κ1) is 31.8. The van der Waals surface area contributed by atoms with Gasteiger partial charge in [0, 0.05) is 70.5 Å². The van der Waals surface area contributed by atoms with Crippen LogP contribution in [0, 0.1) is 13.8 Å². The van der Waals surface area contributed by atoms with Crippen molar-refractivity contribution >= 4 is 12.0 Å². The molecule has 0 bridgehead atoms. The lowest BCUT2D eigenvalue weighted by Crippen LogP contribution is -2.55. The van der Waals surface area contributed by atoms with Crippen LogP contribution in [0.2, 0.25) is 0 Å². The molecule has 2 amide bonds. The number of likely N-dealkylation sites (tertiary alicyclic amines) is 1. The summed E-state index contributed by atoms with van der Waals surface area (Å²) in [7, 11) is 0. The van der Waals surface area contributed by atoms with Crippen LogP contribution in [0.5, 0.6) is 5.75 Å². The minimum absolute atomic E-state index is 0.155. The van der Waals surface area contributed by atoms with Gasteiger partial charge in [-0.25, -0.2) is 14.3 Å². The molecule has 0 saturated carbocycles. The number of benzene rings is 2. The summed E-state index contributed by atoms with van der Waals surface area (Å²) in [5, 5.41) is 14.8. The Morgan fingerprint density at radius 3 is 2.24 bits per heavy atom. The molecule has 12 heteroatoms. The van der Waals surface area contributed by atoms with Crippen LogP contribution in [-0.4, -0.2) is 111 Å². The van der Waals surface area contributed by atoms with Crippen LogP contribution in [0.15, 0.2) is 47.3 Å². The number of hydrogen-bond acceptors (Lipinski definition) is 8. The van der Waals surface area contributed by atoms with E-state index < -0.39 is 12.2 Å². The van der Waals surface area contributed by atoms with E-state index in [1.54, 1.807) is 4.90 Å². The smallest absolute Gasteiger partial charge is 0.410 e. The molecule has 246 valence electrons. The molecule has 46 heavy (non-hydrogen) atoms. The molecule has 0 radical (unpaired) electrons. The number of rotatable bonds is 7. The number of carbonyl (C=O) groups is 2. The predicted molar refractivity (Wildman–Crippen MR) is 172 cm³/mol. The summed E-state index contributed by atoms with van der Waals surface area (Å²) in [5.74, 6) is 0.541. The molecule has 3 fully saturated rings. The molecule has 0 unspecified atom stereocenters. The molecule has 3 aliphatic rings. The summed E-state index contributed by atoms with van der Waals surface area (Å²) < 4.78 is 13.0. The van der Waals surface area contributed by atoms with Crippen LogP contribution < -0.4 is 5.69 Å². The topological polar surface area (TPSA) is 133 Å². The summed E-state index contributed by atoms with van der Waals surface area (Å²) in [4.78, 5) is 48.9. The Balaban J connectivity index is 1.11. The van der Waals surface area contributed by atoms with Crippen LogP contribution in [0.25, 0.3) is 11.4 Å². The number of phenolic OH excluding ortho intramolecular Hbond substituents is 1. The molecule has 2 N–H and O–H groups in total. The molecule has 1 aromatic heterocycles. The number of aromatic amines is 1. The number of H-pyrrole nitrogens is 1. The molecule has 2 aromatic carbocycles. The van der Waals surface area contributed by atoms with Crippen LogP contribution in [0.3, 0.4) is 0 Å². The fraction of sp³-hybridized carbons (Fsp3) is 0.529. The predicted octanol–water partition coefficient (Wildman–Crippen LogP) is 3.27. The van der Waals surface area contributed by atoms with E-state index in [0.29, 0.717) is 62.0 Å². The Bertz CT molecular complexity index is 1540. The van der Waals surface area contributed by atoms with Gasteiger partial charge in [0.05, 0.1) is 6.04 Å². The van der Waals surface area contributed by atoms with E-state index in [4.69, 9.17) is 9.47 Å². The van der Waals surface area contributed by atoms with Gasteiger partial charge < -0.3 is 24.4 Å². The molecule has 12 nitrogen and oxygen atoms in total. The standard InChI is InChI=1S/C34H44N6O6/c1-23-20-25(21-24(2)30(23)41)22-29(32(42)38-16-14-37(15-17-38)27-10-18-45-19-11-27)46-34(44)39-12-8-28(9-13-39)40-33(43)35-31(36-40)26-6-4-3-5-7-26/h3-7,20-21,27-29,41H,8-19,22H2,1-2H3,(H,35,36,43)/t29-/m1/s1. The molecule has 3 aliphatic heterocycles. The molecule has 0 aliphatic carbocycles. The van der Waals surface area contributed by atoms with Crippen molar-refractivity contribution in [3.05, 3.63) is 69.6 Å². The maximum absolute atomic E-state index is 13.9. The van der Waals surface area contributed by atoms with Crippen LogP contribution in [0.4, 0.5) is 4.79 Å². The highest BCUT2D eigenvalue weighted by Gasteiger charge is 2.35. The summed E-state index contributed by atoms with van der Waals surface area (Å²) in [6.07, 6.45) is 1.78. The van der Waals surface area contributed by atoms with E-state index in [2.05, 4.69) is 15.0 Å². The van der Waals surface area contributed by atoms with E-state index in [-0.39, 0.29) is 29.8 Å². The van der Waals surface area contributed by atoms with Crippen molar-refractivity contribution in [2.75, 3.05) is 52.5 Å². The number of hydrogen-bond donors (Lipinski definition) is 2. The van der Waals surface area contributed by atoms with Crippen molar-refractivity contribution in [2.24, 2.45) is 0 Å². The Labute approximate surface area is 268 Å². The number of carbonyl (C=O) groups excluding carboxylic acids is 2.